The van der Waals surface area contributed by atoms with Crippen LogP contribution >= 0.6 is 0 Å². The van der Waals surface area contributed by atoms with E-state index in [1.54, 1.807) is 4.90 Å². The minimum atomic E-state index is -0.236. The van der Waals surface area contributed by atoms with E-state index in [9.17, 15) is 4.79 Å². The van der Waals surface area contributed by atoms with Gasteiger partial charge in [0.2, 0.25) is 0 Å². The van der Waals surface area contributed by atoms with Crippen molar-refractivity contribution in [1.82, 2.24) is 4.90 Å². The minimum Gasteiger partial charge on any atom is -0.453 e. The molecule has 1 saturated heterocycles. The average Bonchev–Trinajstić information content (AvgIpc) is 1.96. The number of ether oxygens (including phenoxy) is 1. The lowest BCUT2D eigenvalue weighted by Gasteiger charge is -2.42. The van der Waals surface area contributed by atoms with Crippen LogP contribution in [-0.2, 0) is 4.74 Å². The summed E-state index contributed by atoms with van der Waals surface area (Å²) >= 11 is 0. The van der Waals surface area contributed by atoms with Crippen LogP contribution in [0.4, 0.5) is 4.79 Å². The molecule has 1 aliphatic heterocycles. The van der Waals surface area contributed by atoms with Crippen LogP contribution in [0, 0.1) is 0 Å². The highest BCUT2D eigenvalue weighted by molar-refractivity contribution is 5.68. The summed E-state index contributed by atoms with van der Waals surface area (Å²) in [6, 6.07) is 0.271. The molecule has 76 valence electrons. The number of rotatable bonds is 2. The van der Waals surface area contributed by atoms with Crippen LogP contribution in [0.2, 0.25) is 0 Å². The number of nitrogens with zero attached hydrogens (tertiary/aromatic N) is 1. The maximum atomic E-state index is 11.2. The van der Waals surface area contributed by atoms with Crippen LogP contribution < -0.4 is 5.73 Å². The van der Waals surface area contributed by atoms with Gasteiger partial charge in [0.05, 0.1) is 7.11 Å². The van der Waals surface area contributed by atoms with E-state index in [2.05, 4.69) is 4.74 Å². The summed E-state index contributed by atoms with van der Waals surface area (Å²) in [6.45, 7) is 4.75. The molecular formula is C9H18N2O2. The molecular weight excluding hydrogens is 168 g/mol. The largest absolute Gasteiger partial charge is 0.453 e. The van der Waals surface area contributed by atoms with Crippen LogP contribution in [0.25, 0.3) is 0 Å². The summed E-state index contributed by atoms with van der Waals surface area (Å²) in [5, 5.41) is 0. The van der Waals surface area contributed by atoms with E-state index >= 15 is 0 Å². The number of hydrogen-bond acceptors (Lipinski definition) is 3. The second-order valence-corrected chi connectivity index (χ2v) is 4.30. The van der Waals surface area contributed by atoms with E-state index in [0.717, 1.165) is 19.4 Å². The molecule has 1 heterocycles. The maximum absolute atomic E-state index is 11.2. The zero-order valence-corrected chi connectivity index (χ0v) is 8.54. The monoisotopic (exact) mass is 186 g/mol. The van der Waals surface area contributed by atoms with Gasteiger partial charge in [-0.3, -0.25) is 0 Å². The number of carbonyl (C=O) groups is 1. The van der Waals surface area contributed by atoms with E-state index < -0.39 is 0 Å². The Bertz CT molecular complexity index is 198. The molecule has 0 aromatic rings. The molecule has 13 heavy (non-hydrogen) atoms. The van der Waals surface area contributed by atoms with Crippen molar-refractivity contribution in [1.29, 1.82) is 0 Å². The first-order valence-electron chi connectivity index (χ1n) is 4.57. The second kappa shape index (κ2) is 3.54. The molecule has 1 atom stereocenters. The lowest BCUT2D eigenvalue weighted by atomic mass is 9.89. The Morgan fingerprint density at radius 1 is 1.69 bits per heavy atom. The van der Waals surface area contributed by atoms with Crippen molar-refractivity contribution in [3.8, 4) is 0 Å². The smallest absolute Gasteiger partial charge is 0.409 e. The lowest BCUT2D eigenvalue weighted by molar-refractivity contribution is 0.0507. The van der Waals surface area contributed by atoms with Gasteiger partial charge in [-0.25, -0.2) is 4.79 Å². The van der Waals surface area contributed by atoms with Crippen molar-refractivity contribution in [3.05, 3.63) is 0 Å². The summed E-state index contributed by atoms with van der Waals surface area (Å²) in [7, 11) is 1.41. The van der Waals surface area contributed by atoms with Crippen LogP contribution in [0.3, 0.4) is 0 Å². The Morgan fingerprint density at radius 2 is 2.31 bits per heavy atom. The predicted octanol–water partition coefficient (Wildman–Crippen LogP) is 0.955. The van der Waals surface area contributed by atoms with Crippen LogP contribution in [0.1, 0.15) is 26.7 Å². The summed E-state index contributed by atoms with van der Waals surface area (Å²) in [5.74, 6) is 0. The average molecular weight is 186 g/mol. The van der Waals surface area contributed by atoms with Gasteiger partial charge in [-0.1, -0.05) is 0 Å². The Morgan fingerprint density at radius 3 is 2.62 bits per heavy atom. The highest BCUT2D eigenvalue weighted by atomic mass is 16.5. The fraction of sp³-hybridized carbons (Fsp3) is 0.889. The predicted molar refractivity (Wildman–Crippen MR) is 50.4 cm³/mol. The number of carbonyl (C=O) groups excluding carboxylic acids is 1. The number of hydrogen-bond donors (Lipinski definition) is 1. The summed E-state index contributed by atoms with van der Waals surface area (Å²) in [5.41, 5.74) is 5.66. The van der Waals surface area contributed by atoms with Crippen molar-refractivity contribution in [2.45, 2.75) is 38.3 Å². The van der Waals surface area contributed by atoms with Crippen LogP contribution in [-0.4, -0.2) is 36.2 Å². The molecule has 0 radical (unpaired) electrons. The van der Waals surface area contributed by atoms with E-state index in [0.29, 0.717) is 0 Å². The van der Waals surface area contributed by atoms with Gasteiger partial charge < -0.3 is 15.4 Å². The lowest BCUT2D eigenvalue weighted by Crippen LogP contribution is -2.54. The van der Waals surface area contributed by atoms with Gasteiger partial charge in [0, 0.05) is 18.1 Å². The molecule has 4 nitrogen and oxygen atoms in total. The van der Waals surface area contributed by atoms with E-state index in [-0.39, 0.29) is 17.7 Å². The topological polar surface area (TPSA) is 55.6 Å². The zero-order chi connectivity index (χ0) is 10.1. The number of likely N-dealkylation sites (tertiary alicyclic amines) is 1. The van der Waals surface area contributed by atoms with Crippen LogP contribution in [0.5, 0.6) is 0 Å². The first kappa shape index (κ1) is 10.3. The van der Waals surface area contributed by atoms with E-state index in [1.165, 1.54) is 7.11 Å². The standard InChI is InChI=1S/C9H18N2O2/c1-9(2,10)6-7-4-5-11(7)8(12)13-3/h7H,4-6,10H2,1-3H3. The third-order valence-electron chi connectivity index (χ3n) is 2.31. The molecule has 0 bridgehead atoms. The third-order valence-corrected chi connectivity index (χ3v) is 2.31. The van der Waals surface area contributed by atoms with E-state index in [4.69, 9.17) is 5.73 Å². The van der Waals surface area contributed by atoms with Gasteiger partial charge in [0.1, 0.15) is 0 Å². The van der Waals surface area contributed by atoms with Gasteiger partial charge in [-0.05, 0) is 26.7 Å². The Labute approximate surface area is 79.0 Å². The van der Waals surface area contributed by atoms with Gasteiger partial charge in [-0.2, -0.15) is 0 Å². The molecule has 4 heteroatoms. The van der Waals surface area contributed by atoms with Crippen molar-refractivity contribution in [3.63, 3.8) is 0 Å². The molecule has 0 aliphatic carbocycles. The van der Waals surface area contributed by atoms with Crippen molar-refractivity contribution >= 4 is 6.09 Å². The fourth-order valence-electron chi connectivity index (χ4n) is 1.62. The molecule has 2 N–H and O–H groups in total. The SMILES string of the molecule is COC(=O)N1CCC1CC(C)(C)N. The van der Waals surface area contributed by atoms with Crippen molar-refractivity contribution in [2.75, 3.05) is 13.7 Å². The molecule has 1 fully saturated rings. The van der Waals surface area contributed by atoms with Crippen molar-refractivity contribution in [2.24, 2.45) is 5.73 Å². The van der Waals surface area contributed by atoms with Crippen LogP contribution in [0.15, 0.2) is 0 Å². The molecule has 0 saturated carbocycles. The summed E-state index contributed by atoms with van der Waals surface area (Å²) in [4.78, 5) is 12.9. The maximum Gasteiger partial charge on any atom is 0.409 e. The third kappa shape index (κ3) is 2.59. The summed E-state index contributed by atoms with van der Waals surface area (Å²) < 4.78 is 4.65. The molecule has 0 aromatic heterocycles. The molecule has 1 rings (SSSR count). The normalized spacial score (nSPS) is 22.5. The molecule has 1 amide bonds. The second-order valence-electron chi connectivity index (χ2n) is 4.30. The first-order chi connectivity index (χ1) is 5.94. The zero-order valence-electron chi connectivity index (χ0n) is 8.54. The first-order valence-corrected chi connectivity index (χ1v) is 4.57. The van der Waals surface area contributed by atoms with Gasteiger partial charge in [0.15, 0.2) is 0 Å². The van der Waals surface area contributed by atoms with Gasteiger partial charge >= 0.3 is 6.09 Å². The highest BCUT2D eigenvalue weighted by Gasteiger charge is 2.35. The number of methoxy groups -OCH3 is 1. The number of amides is 1. The summed E-state index contributed by atoms with van der Waals surface area (Å²) in [6.07, 6.45) is 1.64. The Kier molecular flexibility index (Phi) is 2.81. The fourth-order valence-corrected chi connectivity index (χ4v) is 1.62. The van der Waals surface area contributed by atoms with Gasteiger partial charge in [0.25, 0.3) is 0 Å². The minimum absolute atomic E-state index is 0.211. The highest BCUT2D eigenvalue weighted by Crippen LogP contribution is 2.25. The van der Waals surface area contributed by atoms with E-state index in [1.807, 2.05) is 13.8 Å². The number of nitrogens with two attached hydrogens (primary N) is 1. The van der Waals surface area contributed by atoms with Gasteiger partial charge in [-0.15, -0.1) is 0 Å². The Balaban J connectivity index is 2.41. The Hall–Kier alpha value is -0.770. The molecule has 0 aromatic carbocycles. The quantitative estimate of drug-likeness (QED) is 0.698. The molecule has 1 unspecified atom stereocenters. The molecule has 0 spiro atoms. The molecule has 1 aliphatic rings. The van der Waals surface area contributed by atoms with Crippen molar-refractivity contribution < 1.29 is 9.53 Å².